The summed E-state index contributed by atoms with van der Waals surface area (Å²) in [6, 6.07) is 10.9. The molecule has 188 valence electrons. The number of hydrogen-bond acceptors (Lipinski definition) is 8. The summed E-state index contributed by atoms with van der Waals surface area (Å²) in [4.78, 5) is 18.3. The highest BCUT2D eigenvalue weighted by Crippen LogP contribution is 2.47. The molecule has 1 aliphatic carbocycles. The smallest absolute Gasteiger partial charge is 0.226 e. The van der Waals surface area contributed by atoms with E-state index >= 15 is 0 Å². The number of benzene rings is 2. The maximum absolute atomic E-state index is 13.5. The minimum Gasteiger partial charge on any atom is -0.497 e. The first kappa shape index (κ1) is 23.7. The van der Waals surface area contributed by atoms with E-state index in [2.05, 4.69) is 19.2 Å². The summed E-state index contributed by atoms with van der Waals surface area (Å²) >= 11 is 0. The maximum atomic E-state index is 13.5. The van der Waals surface area contributed by atoms with Crippen molar-refractivity contribution >= 4 is 11.7 Å². The van der Waals surface area contributed by atoms with Crippen molar-refractivity contribution in [1.29, 1.82) is 0 Å². The van der Waals surface area contributed by atoms with Gasteiger partial charge in [-0.05, 0) is 41.7 Å². The van der Waals surface area contributed by atoms with E-state index in [4.69, 9.17) is 29.0 Å². The molecule has 1 N–H and O–H groups in total. The third-order valence-corrected chi connectivity index (χ3v) is 6.66. The molecule has 0 fully saturated rings. The SMILES string of the molecule is COc1cccc([C@@H]2C3=C(CC(C)(C)CC3=O)Nc3nc(-c4cc(OC)c(OC)c(OC)c4)nn32)c1. The van der Waals surface area contributed by atoms with Gasteiger partial charge in [-0.1, -0.05) is 26.0 Å². The summed E-state index contributed by atoms with van der Waals surface area (Å²) in [5.74, 6) is 3.36. The number of aromatic nitrogens is 3. The molecule has 1 atom stereocenters. The molecule has 0 saturated carbocycles. The molecule has 2 aliphatic rings. The number of methoxy groups -OCH3 is 4. The Balaban J connectivity index is 1.68. The molecule has 9 nitrogen and oxygen atoms in total. The van der Waals surface area contributed by atoms with E-state index in [-0.39, 0.29) is 11.2 Å². The van der Waals surface area contributed by atoms with E-state index in [1.807, 2.05) is 36.4 Å². The Labute approximate surface area is 210 Å². The minimum atomic E-state index is -0.432. The number of carbonyl (C=O) groups is 1. The van der Waals surface area contributed by atoms with Crippen LogP contribution < -0.4 is 24.3 Å². The fourth-order valence-corrected chi connectivity index (χ4v) is 5.06. The molecule has 2 heterocycles. The fraction of sp³-hybridized carbons (Fsp3) is 0.370. The van der Waals surface area contributed by atoms with E-state index in [0.717, 1.165) is 23.3 Å². The van der Waals surface area contributed by atoms with Gasteiger partial charge in [0.2, 0.25) is 11.7 Å². The van der Waals surface area contributed by atoms with Crippen LogP contribution in [0, 0.1) is 5.41 Å². The summed E-state index contributed by atoms with van der Waals surface area (Å²) in [5, 5.41) is 8.28. The number of carbonyl (C=O) groups excluding carboxylic acids is 1. The molecular weight excluding hydrogens is 460 g/mol. The van der Waals surface area contributed by atoms with Crippen LogP contribution in [0.2, 0.25) is 0 Å². The number of nitrogens with one attached hydrogen (secondary N) is 1. The predicted molar refractivity (Wildman–Crippen MR) is 135 cm³/mol. The molecule has 0 saturated heterocycles. The normalized spacial score (nSPS) is 18.2. The quantitative estimate of drug-likeness (QED) is 0.534. The average Bonchev–Trinajstić information content (AvgIpc) is 3.29. The van der Waals surface area contributed by atoms with Gasteiger partial charge in [0.25, 0.3) is 0 Å². The molecular formula is C27H30N4O5. The largest absolute Gasteiger partial charge is 0.497 e. The Morgan fingerprint density at radius 2 is 1.69 bits per heavy atom. The predicted octanol–water partition coefficient (Wildman–Crippen LogP) is 4.64. The number of Topliss-reactive ketones (excluding diaryl/α,β-unsaturated/α-hetero) is 1. The van der Waals surface area contributed by atoms with Gasteiger partial charge in [0.15, 0.2) is 23.1 Å². The lowest BCUT2D eigenvalue weighted by atomic mass is 9.73. The van der Waals surface area contributed by atoms with Crippen molar-refractivity contribution in [2.24, 2.45) is 5.41 Å². The summed E-state index contributed by atoms with van der Waals surface area (Å²) in [6.45, 7) is 4.22. The molecule has 0 unspecified atom stereocenters. The van der Waals surface area contributed by atoms with Crippen molar-refractivity contribution < 1.29 is 23.7 Å². The van der Waals surface area contributed by atoms with Gasteiger partial charge in [-0.2, -0.15) is 4.98 Å². The summed E-state index contributed by atoms with van der Waals surface area (Å²) in [6.07, 6.45) is 1.21. The maximum Gasteiger partial charge on any atom is 0.226 e. The summed E-state index contributed by atoms with van der Waals surface area (Å²) < 4.78 is 23.8. The average molecular weight is 491 g/mol. The molecule has 0 spiro atoms. The molecule has 0 bridgehead atoms. The van der Waals surface area contributed by atoms with Gasteiger partial charge in [0.05, 0.1) is 28.4 Å². The van der Waals surface area contributed by atoms with E-state index < -0.39 is 6.04 Å². The van der Waals surface area contributed by atoms with Gasteiger partial charge in [-0.25, -0.2) is 4.68 Å². The number of allylic oxidation sites excluding steroid dienone is 2. The monoisotopic (exact) mass is 490 g/mol. The standard InChI is InChI=1S/C27H30N4O5/c1-27(2)13-18-22(19(32)14-27)23(15-8-7-9-17(10-15)33-3)31-26(28-18)29-25(30-31)16-11-20(34-4)24(36-6)21(12-16)35-5/h7-12,23H,13-14H2,1-6H3,(H,28,29,30)/t23-/m1/s1. The molecule has 0 radical (unpaired) electrons. The first-order chi connectivity index (χ1) is 17.3. The van der Waals surface area contributed by atoms with Crippen LogP contribution in [0.1, 0.15) is 38.3 Å². The topological polar surface area (TPSA) is 96.7 Å². The lowest BCUT2D eigenvalue weighted by molar-refractivity contribution is -0.118. The Morgan fingerprint density at radius 3 is 2.33 bits per heavy atom. The first-order valence-electron chi connectivity index (χ1n) is 11.7. The van der Waals surface area contributed by atoms with Crippen LogP contribution in [-0.4, -0.2) is 49.0 Å². The molecule has 2 aromatic carbocycles. The van der Waals surface area contributed by atoms with Crippen LogP contribution in [-0.2, 0) is 4.79 Å². The van der Waals surface area contributed by atoms with Gasteiger partial charge in [-0.3, -0.25) is 4.79 Å². The van der Waals surface area contributed by atoms with E-state index in [9.17, 15) is 4.79 Å². The fourth-order valence-electron chi connectivity index (χ4n) is 5.06. The zero-order chi connectivity index (χ0) is 25.6. The van der Waals surface area contributed by atoms with Crippen molar-refractivity contribution in [3.05, 3.63) is 53.2 Å². The van der Waals surface area contributed by atoms with Gasteiger partial charge in [0.1, 0.15) is 11.8 Å². The molecule has 9 heteroatoms. The molecule has 5 rings (SSSR count). The third-order valence-electron chi connectivity index (χ3n) is 6.66. The number of fused-ring (bicyclic) bond motifs is 1. The third kappa shape index (κ3) is 3.94. The van der Waals surface area contributed by atoms with Crippen LogP contribution in [0.5, 0.6) is 23.0 Å². The molecule has 1 aromatic heterocycles. The van der Waals surface area contributed by atoms with Crippen LogP contribution >= 0.6 is 0 Å². The van der Waals surface area contributed by atoms with Gasteiger partial charge in [0, 0.05) is 23.3 Å². The zero-order valence-corrected chi connectivity index (χ0v) is 21.3. The Hall–Kier alpha value is -4.01. The van der Waals surface area contributed by atoms with E-state index in [1.54, 1.807) is 33.1 Å². The number of nitrogens with zero attached hydrogens (tertiary/aromatic N) is 3. The van der Waals surface area contributed by atoms with Crippen molar-refractivity contribution in [3.8, 4) is 34.4 Å². The van der Waals surface area contributed by atoms with Gasteiger partial charge in [-0.15, -0.1) is 5.10 Å². The zero-order valence-electron chi connectivity index (χ0n) is 21.3. The van der Waals surface area contributed by atoms with E-state index in [0.29, 0.717) is 46.8 Å². The summed E-state index contributed by atoms with van der Waals surface area (Å²) in [5.41, 5.74) is 3.06. The van der Waals surface area contributed by atoms with Crippen LogP contribution in [0.25, 0.3) is 11.4 Å². The van der Waals surface area contributed by atoms with Crippen molar-refractivity contribution in [2.45, 2.75) is 32.7 Å². The van der Waals surface area contributed by atoms with Crippen LogP contribution in [0.3, 0.4) is 0 Å². The second-order valence-electron chi connectivity index (χ2n) is 9.75. The number of anilines is 1. The molecule has 3 aromatic rings. The second-order valence-corrected chi connectivity index (χ2v) is 9.75. The minimum absolute atomic E-state index is 0.108. The molecule has 1 aliphatic heterocycles. The summed E-state index contributed by atoms with van der Waals surface area (Å²) in [7, 11) is 6.33. The second kappa shape index (κ2) is 8.89. The van der Waals surface area contributed by atoms with Gasteiger partial charge < -0.3 is 24.3 Å². The molecule has 0 amide bonds. The highest BCUT2D eigenvalue weighted by Gasteiger charge is 2.42. The number of hydrogen-bond donors (Lipinski definition) is 1. The Bertz CT molecular complexity index is 1350. The molecule has 36 heavy (non-hydrogen) atoms. The van der Waals surface area contributed by atoms with Crippen LogP contribution in [0.15, 0.2) is 47.7 Å². The highest BCUT2D eigenvalue weighted by molar-refractivity contribution is 6.00. The number of ketones is 1. The van der Waals surface area contributed by atoms with E-state index in [1.165, 1.54) is 0 Å². The van der Waals surface area contributed by atoms with Crippen molar-refractivity contribution in [3.63, 3.8) is 0 Å². The highest BCUT2D eigenvalue weighted by atomic mass is 16.5. The lowest BCUT2D eigenvalue weighted by Crippen LogP contribution is -2.36. The Morgan fingerprint density at radius 1 is 0.972 bits per heavy atom. The number of ether oxygens (including phenoxy) is 4. The Kier molecular flexibility index (Phi) is 5.86. The van der Waals surface area contributed by atoms with Gasteiger partial charge >= 0.3 is 0 Å². The first-order valence-corrected chi connectivity index (χ1v) is 11.7. The lowest BCUT2D eigenvalue weighted by Gasteiger charge is -2.38. The van der Waals surface area contributed by atoms with Crippen molar-refractivity contribution in [2.75, 3.05) is 33.8 Å². The number of rotatable bonds is 6. The van der Waals surface area contributed by atoms with Crippen molar-refractivity contribution in [1.82, 2.24) is 14.8 Å². The van der Waals surface area contributed by atoms with Crippen LogP contribution in [0.4, 0.5) is 5.95 Å².